The van der Waals surface area contributed by atoms with E-state index in [9.17, 15) is 10.1 Å². The molecule has 2 aliphatic heterocycles. The van der Waals surface area contributed by atoms with Crippen LogP contribution in [-0.4, -0.2) is 35.5 Å². The molecule has 4 heterocycles. The third-order valence-corrected chi connectivity index (χ3v) is 8.33. The van der Waals surface area contributed by atoms with Crippen molar-refractivity contribution in [2.24, 2.45) is 5.41 Å². The largest absolute Gasteiger partial charge is 0.356 e. The summed E-state index contributed by atoms with van der Waals surface area (Å²) in [6.07, 6.45) is 4.42. The number of benzene rings is 1. The van der Waals surface area contributed by atoms with Crippen molar-refractivity contribution in [2.75, 3.05) is 24.5 Å². The average Bonchev–Trinajstić information content (AvgIpc) is 3.48. The molecule has 0 radical (unpaired) electrons. The molecule has 0 unspecified atom stereocenters. The maximum Gasteiger partial charge on any atom is 0.226 e. The number of nitrogens with zero attached hydrogens (tertiary/aromatic N) is 4. The Morgan fingerprint density at radius 1 is 1.06 bits per heavy atom. The molecule has 0 aliphatic carbocycles. The Balaban J connectivity index is 1.56. The first-order valence-corrected chi connectivity index (χ1v) is 12.9. The summed E-state index contributed by atoms with van der Waals surface area (Å²) < 4.78 is 0. The molecule has 0 saturated carbocycles. The van der Waals surface area contributed by atoms with Crippen molar-refractivity contribution in [1.29, 1.82) is 5.26 Å². The van der Waals surface area contributed by atoms with Gasteiger partial charge in [0.2, 0.25) is 5.91 Å². The number of aryl methyl sites for hydroxylation is 2. The minimum absolute atomic E-state index is 0.197. The van der Waals surface area contributed by atoms with E-state index in [2.05, 4.69) is 42.3 Å². The second kappa shape index (κ2) is 9.19. The van der Waals surface area contributed by atoms with Gasteiger partial charge in [0.15, 0.2) is 5.13 Å². The summed E-state index contributed by atoms with van der Waals surface area (Å²) in [5.41, 5.74) is 5.58. The molecule has 1 spiro atoms. The smallest absolute Gasteiger partial charge is 0.226 e. The molecule has 2 fully saturated rings. The number of carbonyl (C=O) groups excluding carboxylic acids is 1. The van der Waals surface area contributed by atoms with Gasteiger partial charge in [-0.25, -0.2) is 4.98 Å². The quantitative estimate of drug-likeness (QED) is 0.568. The van der Waals surface area contributed by atoms with Crippen molar-refractivity contribution >= 4 is 22.4 Å². The number of rotatable bonds is 5. The first-order chi connectivity index (χ1) is 16.5. The first kappa shape index (κ1) is 22.5. The SMILES string of the molecule is CCc1cc(-c2sc(N3CCC4(CCNC4=O)CC3)nc2-c2cccc(C#N)c2)cc(CC)n1. The van der Waals surface area contributed by atoms with Crippen molar-refractivity contribution in [2.45, 2.75) is 46.0 Å². The molecule has 174 valence electrons. The highest BCUT2D eigenvalue weighted by Gasteiger charge is 2.44. The lowest BCUT2D eigenvalue weighted by Crippen LogP contribution is -2.43. The van der Waals surface area contributed by atoms with Crippen molar-refractivity contribution in [3.63, 3.8) is 0 Å². The van der Waals surface area contributed by atoms with Crippen LogP contribution in [0.3, 0.4) is 0 Å². The van der Waals surface area contributed by atoms with Gasteiger partial charge in [-0.15, -0.1) is 0 Å². The van der Waals surface area contributed by atoms with Crippen LogP contribution in [0.1, 0.15) is 50.1 Å². The van der Waals surface area contributed by atoms with Crippen molar-refractivity contribution in [1.82, 2.24) is 15.3 Å². The summed E-state index contributed by atoms with van der Waals surface area (Å²) in [5.74, 6) is 0.219. The zero-order valence-corrected chi connectivity index (χ0v) is 20.5. The zero-order valence-electron chi connectivity index (χ0n) is 19.7. The molecule has 1 amide bonds. The number of hydrogen-bond acceptors (Lipinski definition) is 6. The maximum absolute atomic E-state index is 12.4. The van der Waals surface area contributed by atoms with Crippen LogP contribution in [0.4, 0.5) is 5.13 Å². The predicted molar refractivity (Wildman–Crippen MR) is 136 cm³/mol. The third kappa shape index (κ3) is 4.07. The number of anilines is 1. The van der Waals surface area contributed by atoms with E-state index >= 15 is 0 Å². The van der Waals surface area contributed by atoms with Crippen LogP contribution in [0, 0.1) is 16.7 Å². The standard InChI is InChI=1S/C27H29N5OS/c1-3-21-15-20(16-22(4-2)30-21)24-23(19-7-5-6-18(14-19)17-28)31-26(34-24)32-12-9-27(10-13-32)8-11-29-25(27)33/h5-7,14-16H,3-4,8-13H2,1-2H3,(H,29,33). The van der Waals surface area contributed by atoms with Crippen LogP contribution in [-0.2, 0) is 17.6 Å². The first-order valence-electron chi connectivity index (χ1n) is 12.1. The molecule has 6 nitrogen and oxygen atoms in total. The Hall–Kier alpha value is -3.24. The van der Waals surface area contributed by atoms with Gasteiger partial charge in [-0.05, 0) is 61.9 Å². The number of thiazole rings is 1. The van der Waals surface area contributed by atoms with Crippen LogP contribution >= 0.6 is 11.3 Å². The highest BCUT2D eigenvalue weighted by Crippen LogP contribution is 2.44. The molecule has 2 saturated heterocycles. The maximum atomic E-state index is 12.4. The van der Waals surface area contributed by atoms with E-state index in [1.165, 1.54) is 0 Å². The van der Waals surface area contributed by atoms with Crippen LogP contribution < -0.4 is 10.2 Å². The fourth-order valence-electron chi connectivity index (χ4n) is 5.03. The highest BCUT2D eigenvalue weighted by atomic mass is 32.1. The molecule has 2 aromatic heterocycles. The number of amides is 1. The zero-order chi connectivity index (χ0) is 23.7. The van der Waals surface area contributed by atoms with Crippen LogP contribution in [0.25, 0.3) is 21.7 Å². The van der Waals surface area contributed by atoms with E-state index in [1.807, 2.05) is 24.3 Å². The van der Waals surface area contributed by atoms with E-state index < -0.39 is 0 Å². The lowest BCUT2D eigenvalue weighted by Gasteiger charge is -2.37. The Morgan fingerprint density at radius 3 is 2.41 bits per heavy atom. The third-order valence-electron chi connectivity index (χ3n) is 7.16. The Bertz CT molecular complexity index is 1240. The Labute approximate surface area is 204 Å². The predicted octanol–water partition coefficient (Wildman–Crippen LogP) is 4.98. The summed E-state index contributed by atoms with van der Waals surface area (Å²) in [4.78, 5) is 25.7. The van der Waals surface area contributed by atoms with Crippen molar-refractivity contribution in [3.05, 3.63) is 53.3 Å². The van der Waals surface area contributed by atoms with Crippen molar-refractivity contribution < 1.29 is 4.79 Å². The molecule has 34 heavy (non-hydrogen) atoms. The van der Waals surface area contributed by atoms with E-state index in [0.29, 0.717) is 5.56 Å². The number of hydrogen-bond donors (Lipinski definition) is 1. The lowest BCUT2D eigenvalue weighted by molar-refractivity contribution is -0.128. The van der Waals surface area contributed by atoms with Gasteiger partial charge in [0.1, 0.15) is 0 Å². The molecule has 0 atom stereocenters. The molecule has 1 N–H and O–H groups in total. The number of piperidine rings is 1. The fourth-order valence-corrected chi connectivity index (χ4v) is 6.16. The van der Waals surface area contributed by atoms with Gasteiger partial charge in [-0.2, -0.15) is 5.26 Å². The summed E-state index contributed by atoms with van der Waals surface area (Å²) in [7, 11) is 0. The monoisotopic (exact) mass is 471 g/mol. The molecular weight excluding hydrogens is 442 g/mol. The fraction of sp³-hybridized carbons (Fsp3) is 0.407. The van der Waals surface area contributed by atoms with Crippen LogP contribution in [0.5, 0.6) is 0 Å². The van der Waals surface area contributed by atoms with Crippen molar-refractivity contribution in [3.8, 4) is 27.8 Å². The molecular formula is C27H29N5OS. The van der Waals surface area contributed by atoms with Crippen LogP contribution in [0.15, 0.2) is 36.4 Å². The molecule has 0 bridgehead atoms. The number of aromatic nitrogens is 2. The normalized spacial score (nSPS) is 17.1. The molecule has 3 aromatic rings. The van der Waals surface area contributed by atoms with E-state index in [1.54, 1.807) is 11.3 Å². The second-order valence-corrected chi connectivity index (χ2v) is 10.2. The number of pyridine rings is 1. The topological polar surface area (TPSA) is 81.9 Å². The summed E-state index contributed by atoms with van der Waals surface area (Å²) in [6, 6.07) is 14.3. The van der Waals surface area contributed by atoms with Gasteiger partial charge in [0.05, 0.1) is 27.6 Å². The van der Waals surface area contributed by atoms with Gasteiger partial charge in [-0.3, -0.25) is 9.78 Å². The van der Waals surface area contributed by atoms with Gasteiger partial charge >= 0.3 is 0 Å². The molecule has 5 rings (SSSR count). The number of nitriles is 1. The number of carbonyl (C=O) groups is 1. The van der Waals surface area contributed by atoms with E-state index in [4.69, 9.17) is 9.97 Å². The average molecular weight is 472 g/mol. The summed E-state index contributed by atoms with van der Waals surface area (Å²) in [6.45, 7) is 6.71. The van der Waals surface area contributed by atoms with E-state index in [-0.39, 0.29) is 11.3 Å². The van der Waals surface area contributed by atoms with Gasteiger partial charge < -0.3 is 10.2 Å². The van der Waals surface area contributed by atoms with Crippen LogP contribution in [0.2, 0.25) is 0 Å². The molecule has 7 heteroatoms. The Morgan fingerprint density at radius 2 is 1.79 bits per heavy atom. The Kier molecular flexibility index (Phi) is 6.09. The minimum atomic E-state index is -0.197. The summed E-state index contributed by atoms with van der Waals surface area (Å²) >= 11 is 1.70. The number of nitrogens with one attached hydrogen (secondary N) is 1. The second-order valence-electron chi connectivity index (χ2n) is 9.19. The molecule has 2 aliphatic rings. The van der Waals surface area contributed by atoms with Gasteiger partial charge in [0.25, 0.3) is 0 Å². The minimum Gasteiger partial charge on any atom is -0.356 e. The highest BCUT2D eigenvalue weighted by molar-refractivity contribution is 7.19. The summed E-state index contributed by atoms with van der Waals surface area (Å²) in [5, 5.41) is 13.4. The van der Waals surface area contributed by atoms with Gasteiger partial charge in [0, 0.05) is 36.6 Å². The lowest BCUT2D eigenvalue weighted by atomic mass is 9.77. The van der Waals surface area contributed by atoms with Gasteiger partial charge in [-0.1, -0.05) is 37.3 Å². The van der Waals surface area contributed by atoms with E-state index in [0.717, 1.165) is 90.0 Å². The molecule has 1 aromatic carbocycles.